The first kappa shape index (κ1) is 18.0. The van der Waals surface area contributed by atoms with E-state index in [4.69, 9.17) is 0 Å². The zero-order chi connectivity index (χ0) is 17.6. The maximum Gasteiger partial charge on any atom is 0.225 e. The Hall–Kier alpha value is -2.35. The van der Waals surface area contributed by atoms with Gasteiger partial charge in [-0.05, 0) is 29.5 Å². The Morgan fingerprint density at radius 3 is 2.33 bits per heavy atom. The van der Waals surface area contributed by atoms with E-state index in [1.807, 2.05) is 51.1 Å². The third kappa shape index (κ3) is 4.82. The lowest BCUT2D eigenvalue weighted by Gasteiger charge is -2.26. The summed E-state index contributed by atoms with van der Waals surface area (Å²) in [6, 6.07) is 18.5. The molecule has 1 atom stereocenters. The van der Waals surface area contributed by atoms with Crippen LogP contribution in [0.2, 0.25) is 0 Å². The number of benzene rings is 2. The predicted octanol–water partition coefficient (Wildman–Crippen LogP) is 5.17. The van der Waals surface area contributed by atoms with Crippen molar-refractivity contribution in [3.05, 3.63) is 77.9 Å². The fraction of sp³-hybridized carbons (Fsp3) is 0.318. The molecule has 2 aromatic rings. The Labute approximate surface area is 145 Å². The first-order chi connectivity index (χ1) is 11.4. The fourth-order valence-electron chi connectivity index (χ4n) is 2.65. The molecule has 0 aliphatic heterocycles. The molecule has 24 heavy (non-hydrogen) atoms. The monoisotopic (exact) mass is 321 g/mol. The molecular formula is C22H27NO. The predicted molar refractivity (Wildman–Crippen MR) is 102 cm³/mol. The van der Waals surface area contributed by atoms with Crippen molar-refractivity contribution in [3.63, 3.8) is 0 Å². The topological polar surface area (TPSA) is 29.1 Å². The minimum absolute atomic E-state index is 0.0221. The van der Waals surface area contributed by atoms with Gasteiger partial charge in [0.05, 0.1) is 6.04 Å². The summed E-state index contributed by atoms with van der Waals surface area (Å²) in [7, 11) is 0. The zero-order valence-electron chi connectivity index (χ0n) is 14.9. The van der Waals surface area contributed by atoms with Crippen LogP contribution in [0.1, 0.15) is 49.9 Å². The summed E-state index contributed by atoms with van der Waals surface area (Å²) in [4.78, 5) is 12.5. The number of carbonyl (C=O) groups excluding carboxylic acids is 1. The number of hydrogen-bond acceptors (Lipinski definition) is 1. The second kappa shape index (κ2) is 7.96. The molecule has 0 fully saturated rings. The highest BCUT2D eigenvalue weighted by atomic mass is 16.2. The van der Waals surface area contributed by atoms with Gasteiger partial charge in [0.25, 0.3) is 0 Å². The molecule has 2 heteroatoms. The smallest absolute Gasteiger partial charge is 0.225 e. The number of hydrogen-bond donors (Lipinski definition) is 1. The molecule has 0 heterocycles. The van der Waals surface area contributed by atoms with Crippen LogP contribution in [0, 0.1) is 5.41 Å². The molecule has 2 aromatic carbocycles. The summed E-state index contributed by atoms with van der Waals surface area (Å²) in [5, 5.41) is 3.23. The van der Waals surface area contributed by atoms with E-state index in [0.717, 1.165) is 24.0 Å². The van der Waals surface area contributed by atoms with Crippen LogP contribution in [0.3, 0.4) is 0 Å². The Balaban J connectivity index is 2.24. The number of amides is 1. The SMILES string of the molecule is C=Cc1ccccc1C(CCc1ccccc1)NC(=O)C(C)(C)C. The van der Waals surface area contributed by atoms with Crippen LogP contribution in [0.15, 0.2) is 61.2 Å². The summed E-state index contributed by atoms with van der Waals surface area (Å²) in [6.07, 6.45) is 3.63. The summed E-state index contributed by atoms with van der Waals surface area (Å²) in [5.41, 5.74) is 3.07. The van der Waals surface area contributed by atoms with Gasteiger partial charge in [-0.25, -0.2) is 0 Å². The van der Waals surface area contributed by atoms with Crippen molar-refractivity contribution in [2.75, 3.05) is 0 Å². The van der Waals surface area contributed by atoms with Gasteiger partial charge >= 0.3 is 0 Å². The largest absolute Gasteiger partial charge is 0.349 e. The summed E-state index contributed by atoms with van der Waals surface area (Å²) >= 11 is 0. The van der Waals surface area contributed by atoms with Crippen molar-refractivity contribution in [2.45, 2.75) is 39.7 Å². The molecule has 0 aromatic heterocycles. The van der Waals surface area contributed by atoms with Crippen LogP contribution >= 0.6 is 0 Å². The van der Waals surface area contributed by atoms with Crippen molar-refractivity contribution < 1.29 is 4.79 Å². The first-order valence-electron chi connectivity index (χ1n) is 8.48. The van der Waals surface area contributed by atoms with Crippen molar-refractivity contribution >= 4 is 12.0 Å². The average molecular weight is 321 g/mol. The quantitative estimate of drug-likeness (QED) is 0.781. The standard InChI is InChI=1S/C22H27NO/c1-5-18-13-9-10-14-19(18)20(23-21(24)22(2,3)4)16-15-17-11-7-6-8-12-17/h5-14,20H,1,15-16H2,2-4H3,(H,23,24). The summed E-state index contributed by atoms with van der Waals surface area (Å²) < 4.78 is 0. The van der Waals surface area contributed by atoms with Gasteiger partial charge in [0.15, 0.2) is 0 Å². The third-order valence-electron chi connectivity index (χ3n) is 4.14. The maximum absolute atomic E-state index is 12.5. The molecule has 0 bridgehead atoms. The molecular weight excluding hydrogens is 294 g/mol. The van der Waals surface area contributed by atoms with Gasteiger partial charge in [-0.2, -0.15) is 0 Å². The highest BCUT2D eigenvalue weighted by molar-refractivity contribution is 5.82. The van der Waals surface area contributed by atoms with Crippen LogP contribution in [-0.4, -0.2) is 5.91 Å². The second-order valence-corrected chi connectivity index (χ2v) is 7.13. The van der Waals surface area contributed by atoms with Gasteiger partial charge in [0.1, 0.15) is 0 Å². The molecule has 1 amide bonds. The average Bonchev–Trinajstić information content (AvgIpc) is 2.58. The van der Waals surface area contributed by atoms with Crippen LogP contribution in [0.5, 0.6) is 0 Å². The Morgan fingerprint density at radius 2 is 1.71 bits per heavy atom. The van der Waals surface area contributed by atoms with E-state index in [2.05, 4.69) is 42.2 Å². The Kier molecular flexibility index (Phi) is 5.97. The van der Waals surface area contributed by atoms with E-state index in [0.29, 0.717) is 0 Å². The summed E-state index contributed by atoms with van der Waals surface area (Å²) in [6.45, 7) is 9.73. The van der Waals surface area contributed by atoms with Crippen LogP contribution in [0.4, 0.5) is 0 Å². The Morgan fingerprint density at radius 1 is 1.08 bits per heavy atom. The van der Waals surface area contributed by atoms with Crippen molar-refractivity contribution in [1.82, 2.24) is 5.32 Å². The minimum atomic E-state index is -0.409. The fourth-order valence-corrected chi connectivity index (χ4v) is 2.65. The molecule has 2 nitrogen and oxygen atoms in total. The molecule has 0 saturated heterocycles. The lowest BCUT2D eigenvalue weighted by atomic mass is 9.91. The van der Waals surface area contributed by atoms with Gasteiger partial charge in [-0.3, -0.25) is 4.79 Å². The molecule has 0 saturated carbocycles. The van der Waals surface area contributed by atoms with Crippen molar-refractivity contribution in [3.8, 4) is 0 Å². The van der Waals surface area contributed by atoms with E-state index in [1.54, 1.807) is 0 Å². The molecule has 126 valence electrons. The molecule has 0 aliphatic carbocycles. The van der Waals surface area contributed by atoms with Crippen LogP contribution in [-0.2, 0) is 11.2 Å². The van der Waals surface area contributed by atoms with Gasteiger partial charge < -0.3 is 5.32 Å². The molecule has 1 unspecified atom stereocenters. The van der Waals surface area contributed by atoms with Gasteiger partial charge in [-0.15, -0.1) is 0 Å². The molecule has 0 aliphatic rings. The van der Waals surface area contributed by atoms with E-state index in [-0.39, 0.29) is 11.9 Å². The van der Waals surface area contributed by atoms with Crippen LogP contribution < -0.4 is 5.32 Å². The first-order valence-corrected chi connectivity index (χ1v) is 8.48. The van der Waals surface area contributed by atoms with Gasteiger partial charge in [0.2, 0.25) is 5.91 Å². The lowest BCUT2D eigenvalue weighted by molar-refractivity contribution is -0.129. The van der Waals surface area contributed by atoms with Crippen molar-refractivity contribution in [2.24, 2.45) is 5.41 Å². The van der Waals surface area contributed by atoms with Crippen molar-refractivity contribution in [1.29, 1.82) is 0 Å². The Bertz CT molecular complexity index is 683. The minimum Gasteiger partial charge on any atom is -0.349 e. The number of carbonyl (C=O) groups is 1. The number of nitrogens with one attached hydrogen (secondary N) is 1. The highest BCUT2D eigenvalue weighted by Gasteiger charge is 2.25. The number of aryl methyl sites for hydroxylation is 1. The summed E-state index contributed by atoms with van der Waals surface area (Å²) in [5.74, 6) is 0.0689. The highest BCUT2D eigenvalue weighted by Crippen LogP contribution is 2.26. The molecule has 0 radical (unpaired) electrons. The maximum atomic E-state index is 12.5. The van der Waals surface area contributed by atoms with E-state index < -0.39 is 5.41 Å². The van der Waals surface area contributed by atoms with E-state index in [1.165, 1.54) is 5.56 Å². The molecule has 0 spiro atoms. The normalized spacial score (nSPS) is 12.5. The van der Waals surface area contributed by atoms with E-state index in [9.17, 15) is 4.79 Å². The van der Waals surface area contributed by atoms with Gasteiger partial charge in [-0.1, -0.05) is 88.0 Å². The van der Waals surface area contributed by atoms with Gasteiger partial charge in [0, 0.05) is 5.41 Å². The third-order valence-corrected chi connectivity index (χ3v) is 4.14. The van der Waals surface area contributed by atoms with E-state index >= 15 is 0 Å². The molecule has 2 rings (SSSR count). The lowest BCUT2D eigenvalue weighted by Crippen LogP contribution is -2.37. The zero-order valence-corrected chi connectivity index (χ0v) is 14.9. The molecule has 1 N–H and O–H groups in total. The number of rotatable bonds is 6. The second-order valence-electron chi connectivity index (χ2n) is 7.13. The van der Waals surface area contributed by atoms with Crippen LogP contribution in [0.25, 0.3) is 6.08 Å².